The van der Waals surface area contributed by atoms with E-state index in [-0.39, 0.29) is 23.6 Å². The number of hydrogen-bond donors (Lipinski definition) is 1. The van der Waals surface area contributed by atoms with Crippen LogP contribution in [-0.4, -0.2) is 27.6 Å². The molecule has 1 N–H and O–H groups in total. The molecule has 1 aromatic heterocycles. The number of carboxylic acids is 1. The van der Waals surface area contributed by atoms with Crippen molar-refractivity contribution in [2.45, 2.75) is 66.2 Å². The average Bonchev–Trinajstić information content (AvgIpc) is 2.60. The molecule has 0 aliphatic rings. The second-order valence-corrected chi connectivity index (χ2v) is 6.52. The van der Waals surface area contributed by atoms with Crippen LogP contribution in [0.4, 0.5) is 0 Å². The Morgan fingerprint density at radius 1 is 1.19 bits per heavy atom. The van der Waals surface area contributed by atoms with Gasteiger partial charge in [0, 0.05) is 18.4 Å². The van der Waals surface area contributed by atoms with Crippen LogP contribution in [0.3, 0.4) is 0 Å². The normalized spacial score (nSPS) is 11.8. The molecule has 0 saturated heterocycles. The summed E-state index contributed by atoms with van der Waals surface area (Å²) in [5.41, 5.74) is 1.92. The van der Waals surface area contributed by atoms with E-state index in [4.69, 9.17) is 0 Å². The minimum absolute atomic E-state index is 0.000207. The Balaban J connectivity index is 3.36. The molecular weight excluding hydrogens is 342 g/mol. The first kappa shape index (κ1) is 22.5. The first-order valence-corrected chi connectivity index (χ1v) is 9.47. The maximum absolute atomic E-state index is 12.2. The number of aromatic nitrogens is 1. The summed E-state index contributed by atoms with van der Waals surface area (Å²) < 4.78 is 0. The third kappa shape index (κ3) is 6.93. The smallest absolute Gasteiger partial charge is 0.338 e. The summed E-state index contributed by atoms with van der Waals surface area (Å²) in [6, 6.07) is 1.65. The van der Waals surface area contributed by atoms with Crippen molar-refractivity contribution >= 4 is 29.7 Å². The summed E-state index contributed by atoms with van der Waals surface area (Å²) in [4.78, 5) is 40.4. The molecule has 0 amide bonds. The maximum atomic E-state index is 12.2. The van der Waals surface area contributed by atoms with Crippen LogP contribution in [0.15, 0.2) is 17.7 Å². The van der Waals surface area contributed by atoms with Crippen molar-refractivity contribution in [2.24, 2.45) is 0 Å². The number of carboxylic acid groups (broad SMARTS) is 1. The molecule has 5 nitrogen and oxygen atoms in total. The Bertz CT molecular complexity index is 760. The molecule has 146 valence electrons. The molecule has 1 heterocycles. The van der Waals surface area contributed by atoms with Crippen molar-refractivity contribution < 1.29 is 19.5 Å². The van der Waals surface area contributed by atoms with Gasteiger partial charge in [-0.2, -0.15) is 0 Å². The van der Waals surface area contributed by atoms with Crippen molar-refractivity contribution in [3.63, 3.8) is 0 Å². The quantitative estimate of drug-likeness (QED) is 0.442. The van der Waals surface area contributed by atoms with Crippen LogP contribution in [0.1, 0.15) is 87.1 Å². The third-order valence-electron chi connectivity index (χ3n) is 4.26. The topological polar surface area (TPSA) is 84.3 Å². The number of Topliss-reactive ketones (excluding diaryl/α,β-unsaturated/α-hetero) is 2. The Hall–Kier alpha value is -2.56. The fourth-order valence-electron chi connectivity index (χ4n) is 2.85. The fraction of sp³-hybridized carbons (Fsp3) is 0.455. The summed E-state index contributed by atoms with van der Waals surface area (Å²) in [6.45, 7) is 7.16. The van der Waals surface area contributed by atoms with Crippen LogP contribution >= 0.6 is 0 Å². The third-order valence-corrected chi connectivity index (χ3v) is 4.26. The second kappa shape index (κ2) is 11.2. The lowest BCUT2D eigenvalue weighted by atomic mass is 9.96. The van der Waals surface area contributed by atoms with E-state index in [9.17, 15) is 19.5 Å². The molecule has 0 unspecified atom stereocenters. The number of allylic oxidation sites excluding steroid dienone is 2. The van der Waals surface area contributed by atoms with Crippen molar-refractivity contribution in [3.05, 3.63) is 40.2 Å². The van der Waals surface area contributed by atoms with Gasteiger partial charge >= 0.3 is 5.97 Å². The molecule has 0 radical (unpaired) electrons. The lowest BCUT2D eigenvalue weighted by Crippen LogP contribution is -2.10. The first-order chi connectivity index (χ1) is 12.8. The van der Waals surface area contributed by atoms with E-state index < -0.39 is 5.97 Å². The highest BCUT2D eigenvalue weighted by Gasteiger charge is 2.18. The summed E-state index contributed by atoms with van der Waals surface area (Å²) in [5, 5.41) is 9.64. The van der Waals surface area contributed by atoms with Gasteiger partial charge in [0.2, 0.25) is 0 Å². The zero-order chi connectivity index (χ0) is 20.4. The molecule has 0 aliphatic carbocycles. The van der Waals surface area contributed by atoms with E-state index in [2.05, 4.69) is 11.9 Å². The van der Waals surface area contributed by atoms with Gasteiger partial charge in [0.1, 0.15) is 5.78 Å². The van der Waals surface area contributed by atoms with Crippen LogP contribution in [0.2, 0.25) is 0 Å². The average molecular weight is 371 g/mol. The predicted octanol–water partition coefficient (Wildman–Crippen LogP) is 4.89. The van der Waals surface area contributed by atoms with E-state index >= 15 is 0 Å². The number of rotatable bonds is 11. The molecule has 5 heteroatoms. The minimum atomic E-state index is -1.09. The van der Waals surface area contributed by atoms with E-state index in [0.29, 0.717) is 35.4 Å². The summed E-state index contributed by atoms with van der Waals surface area (Å²) in [5.74, 6) is -1.31. The van der Waals surface area contributed by atoms with Crippen LogP contribution in [0, 0.1) is 0 Å². The SMILES string of the molecule is CC=Cc1cc(C=C(CC(=O)CCCCC)C(C)=O)c(C(=O)O)c(CC)n1. The van der Waals surface area contributed by atoms with E-state index in [0.717, 1.165) is 19.3 Å². The lowest BCUT2D eigenvalue weighted by molar-refractivity contribution is -0.120. The molecule has 0 aromatic carbocycles. The molecule has 1 aromatic rings. The molecule has 0 atom stereocenters. The van der Waals surface area contributed by atoms with Gasteiger partial charge in [-0.1, -0.05) is 32.8 Å². The maximum Gasteiger partial charge on any atom is 0.338 e. The number of pyridine rings is 1. The highest BCUT2D eigenvalue weighted by atomic mass is 16.4. The summed E-state index contributed by atoms with van der Waals surface area (Å²) >= 11 is 0. The van der Waals surface area contributed by atoms with Crippen molar-refractivity contribution in [3.8, 4) is 0 Å². The minimum Gasteiger partial charge on any atom is -0.478 e. The first-order valence-electron chi connectivity index (χ1n) is 9.47. The van der Waals surface area contributed by atoms with Gasteiger partial charge in [-0.05, 0) is 50.5 Å². The molecule has 0 spiro atoms. The van der Waals surface area contributed by atoms with Crippen LogP contribution < -0.4 is 0 Å². The number of aromatic carboxylic acids is 1. The van der Waals surface area contributed by atoms with Gasteiger partial charge in [0.05, 0.1) is 17.0 Å². The van der Waals surface area contributed by atoms with E-state index in [1.165, 1.54) is 13.0 Å². The van der Waals surface area contributed by atoms with Crippen LogP contribution in [0.25, 0.3) is 12.2 Å². The van der Waals surface area contributed by atoms with Crippen molar-refractivity contribution in [2.75, 3.05) is 0 Å². The standard InChI is InChI=1S/C22H29NO4/c1-5-8-9-11-19(25)14-16(15(4)24)12-17-13-18(10-6-2)23-20(7-3)21(17)22(26)27/h6,10,12-13H,5,7-9,11,14H2,1-4H3,(H,26,27). The summed E-state index contributed by atoms with van der Waals surface area (Å²) in [7, 11) is 0. The van der Waals surface area contributed by atoms with Gasteiger partial charge in [0.15, 0.2) is 5.78 Å². The number of aryl methyl sites for hydroxylation is 1. The molecule has 0 saturated carbocycles. The Labute approximate surface area is 161 Å². The Morgan fingerprint density at radius 2 is 1.89 bits per heavy atom. The van der Waals surface area contributed by atoms with Gasteiger partial charge in [-0.25, -0.2) is 4.79 Å². The number of ketones is 2. The largest absolute Gasteiger partial charge is 0.478 e. The summed E-state index contributed by atoms with van der Waals surface area (Å²) in [6.07, 6.45) is 8.87. The highest BCUT2D eigenvalue weighted by Crippen LogP contribution is 2.22. The zero-order valence-corrected chi connectivity index (χ0v) is 16.7. The van der Waals surface area contributed by atoms with Crippen LogP contribution in [-0.2, 0) is 16.0 Å². The number of carbonyl (C=O) groups is 3. The zero-order valence-electron chi connectivity index (χ0n) is 16.7. The predicted molar refractivity (Wildman–Crippen MR) is 108 cm³/mol. The molecule has 0 bridgehead atoms. The number of unbranched alkanes of at least 4 members (excludes halogenated alkanes) is 2. The van der Waals surface area contributed by atoms with Gasteiger partial charge in [-0.3, -0.25) is 14.6 Å². The second-order valence-electron chi connectivity index (χ2n) is 6.52. The van der Waals surface area contributed by atoms with Crippen LogP contribution in [0.5, 0.6) is 0 Å². The van der Waals surface area contributed by atoms with Gasteiger partial charge < -0.3 is 5.11 Å². The van der Waals surface area contributed by atoms with Gasteiger partial charge in [-0.15, -0.1) is 0 Å². The van der Waals surface area contributed by atoms with E-state index in [1.54, 1.807) is 12.1 Å². The monoisotopic (exact) mass is 371 g/mol. The van der Waals surface area contributed by atoms with Crippen molar-refractivity contribution in [1.29, 1.82) is 0 Å². The van der Waals surface area contributed by atoms with Crippen molar-refractivity contribution in [1.82, 2.24) is 4.98 Å². The molecule has 0 fully saturated rings. The number of carbonyl (C=O) groups excluding carboxylic acids is 2. The van der Waals surface area contributed by atoms with Gasteiger partial charge in [0.25, 0.3) is 0 Å². The molecule has 27 heavy (non-hydrogen) atoms. The lowest BCUT2D eigenvalue weighted by Gasteiger charge is -2.11. The number of nitrogens with zero attached hydrogens (tertiary/aromatic N) is 1. The highest BCUT2D eigenvalue weighted by molar-refractivity contribution is 6.04. The molecule has 1 rings (SSSR count). The molecular formula is C22H29NO4. The molecule has 0 aliphatic heterocycles. The van der Waals surface area contributed by atoms with E-state index in [1.807, 2.05) is 19.9 Å². The number of hydrogen-bond acceptors (Lipinski definition) is 4. The Kier molecular flexibility index (Phi) is 9.34. The fourth-order valence-corrected chi connectivity index (χ4v) is 2.85. The Morgan fingerprint density at radius 3 is 2.41 bits per heavy atom.